The van der Waals surface area contributed by atoms with Gasteiger partial charge in [0.15, 0.2) is 5.76 Å². The van der Waals surface area contributed by atoms with Gasteiger partial charge in [0.2, 0.25) is 11.2 Å². The average Bonchev–Trinajstić information content (AvgIpc) is 3.41. The van der Waals surface area contributed by atoms with Gasteiger partial charge in [-0.05, 0) is 34.9 Å². The van der Waals surface area contributed by atoms with Crippen molar-refractivity contribution in [2.45, 2.75) is 19.6 Å². The van der Waals surface area contributed by atoms with Crippen LogP contribution in [0.3, 0.4) is 0 Å². The molecule has 6 rings (SSSR count). The summed E-state index contributed by atoms with van der Waals surface area (Å²) < 4.78 is 23.9. The first-order valence-electron chi connectivity index (χ1n) is 12.1. The molecule has 6 nitrogen and oxygen atoms in total. The molecule has 1 N–H and O–H groups in total. The van der Waals surface area contributed by atoms with Crippen LogP contribution >= 0.6 is 0 Å². The fourth-order valence-electron chi connectivity index (χ4n) is 4.45. The highest BCUT2D eigenvalue weighted by molar-refractivity contribution is 5.88. The van der Waals surface area contributed by atoms with Crippen molar-refractivity contribution in [1.82, 2.24) is 0 Å². The summed E-state index contributed by atoms with van der Waals surface area (Å²) in [7, 11) is 0. The predicted molar refractivity (Wildman–Crippen MR) is 140 cm³/mol. The fourth-order valence-corrected chi connectivity index (χ4v) is 4.45. The zero-order valence-corrected chi connectivity index (χ0v) is 20.0. The second-order valence-corrected chi connectivity index (χ2v) is 8.87. The fraction of sp³-hybridized carbons (Fsp3) is 0.129. The minimum absolute atomic E-state index is 0.0985. The first kappa shape index (κ1) is 22.7. The Labute approximate surface area is 213 Å². The quantitative estimate of drug-likeness (QED) is 0.289. The Morgan fingerprint density at radius 3 is 2.24 bits per heavy atom. The number of rotatable bonds is 7. The van der Waals surface area contributed by atoms with Crippen molar-refractivity contribution in [2.75, 3.05) is 6.61 Å². The van der Waals surface area contributed by atoms with Gasteiger partial charge in [0.1, 0.15) is 41.4 Å². The molecule has 2 heterocycles. The Morgan fingerprint density at radius 2 is 1.51 bits per heavy atom. The van der Waals surface area contributed by atoms with E-state index in [1.54, 1.807) is 18.2 Å². The van der Waals surface area contributed by atoms with E-state index in [9.17, 15) is 9.90 Å². The lowest BCUT2D eigenvalue weighted by molar-refractivity contribution is 0.291. The largest absolute Gasteiger partial charge is 0.502 e. The van der Waals surface area contributed by atoms with Gasteiger partial charge < -0.3 is 23.7 Å². The number of hydrogen-bond acceptors (Lipinski definition) is 6. The van der Waals surface area contributed by atoms with Crippen LogP contribution in [0.4, 0.5) is 0 Å². The third kappa shape index (κ3) is 4.61. The molecule has 1 aliphatic heterocycles. The minimum atomic E-state index is -0.564. The number of benzene rings is 4. The van der Waals surface area contributed by atoms with Crippen LogP contribution in [-0.4, -0.2) is 11.7 Å². The maximum absolute atomic E-state index is 13.4. The van der Waals surface area contributed by atoms with E-state index in [1.807, 2.05) is 72.8 Å². The van der Waals surface area contributed by atoms with Gasteiger partial charge >= 0.3 is 0 Å². The minimum Gasteiger partial charge on any atom is -0.502 e. The summed E-state index contributed by atoms with van der Waals surface area (Å²) in [5.74, 6) is 1.21. The Hall–Kier alpha value is -4.71. The molecule has 184 valence electrons. The van der Waals surface area contributed by atoms with Crippen LogP contribution in [0.2, 0.25) is 0 Å². The first-order valence-corrected chi connectivity index (χ1v) is 12.1. The molecule has 0 spiro atoms. The number of ether oxygens (including phenoxy) is 3. The van der Waals surface area contributed by atoms with Gasteiger partial charge in [-0.2, -0.15) is 0 Å². The number of fused-ring (bicyclic) bond motifs is 2. The molecule has 0 radical (unpaired) electrons. The Balaban J connectivity index is 1.43. The van der Waals surface area contributed by atoms with Crippen molar-refractivity contribution in [3.63, 3.8) is 0 Å². The molecule has 0 fully saturated rings. The highest BCUT2D eigenvalue weighted by atomic mass is 16.5. The lowest BCUT2D eigenvalue weighted by atomic mass is 10.0. The smallest absolute Gasteiger partial charge is 0.238 e. The molecule has 0 saturated carbocycles. The summed E-state index contributed by atoms with van der Waals surface area (Å²) in [6.07, 6.45) is 0.761. The summed E-state index contributed by atoms with van der Waals surface area (Å²) in [5.41, 5.74) is 3.25. The average molecular weight is 493 g/mol. The standard InChI is InChI=1S/C31H24O6/c32-29-28-26(36-19-21-9-5-2-6-10-21)16-24(35-18-20-7-3-1-4-8-20)17-27(28)37-31(30(29)33)23-11-12-25-22(15-23)13-14-34-25/h1-12,15-17,33H,13-14,18-19H2. The normalized spacial score (nSPS) is 12.2. The van der Waals surface area contributed by atoms with Crippen LogP contribution in [0.25, 0.3) is 22.3 Å². The van der Waals surface area contributed by atoms with Crippen LogP contribution in [-0.2, 0) is 19.6 Å². The molecule has 1 aromatic heterocycles. The van der Waals surface area contributed by atoms with Gasteiger partial charge in [-0.25, -0.2) is 0 Å². The molecule has 0 atom stereocenters. The molecule has 4 aromatic carbocycles. The highest BCUT2D eigenvalue weighted by Gasteiger charge is 2.22. The Kier molecular flexibility index (Phi) is 5.98. The Morgan fingerprint density at radius 1 is 0.811 bits per heavy atom. The molecule has 5 aromatic rings. The maximum atomic E-state index is 13.4. The van der Waals surface area contributed by atoms with E-state index in [0.29, 0.717) is 24.5 Å². The molecular formula is C31H24O6. The van der Waals surface area contributed by atoms with E-state index in [-0.39, 0.29) is 29.1 Å². The van der Waals surface area contributed by atoms with Crippen LogP contribution in [0.15, 0.2) is 100 Å². The van der Waals surface area contributed by atoms with E-state index >= 15 is 0 Å². The molecule has 0 unspecified atom stereocenters. The molecule has 6 heteroatoms. The van der Waals surface area contributed by atoms with Crippen molar-refractivity contribution >= 4 is 11.0 Å². The summed E-state index contributed by atoms with van der Waals surface area (Å²) in [6, 6.07) is 28.2. The SMILES string of the molecule is O=c1c(O)c(-c2ccc3c(c2)CCO3)oc2cc(OCc3ccccc3)cc(OCc3ccccc3)c12. The summed E-state index contributed by atoms with van der Waals surface area (Å²) in [6.45, 7) is 1.19. The van der Waals surface area contributed by atoms with Gasteiger partial charge in [-0.3, -0.25) is 4.79 Å². The van der Waals surface area contributed by atoms with E-state index in [1.165, 1.54) is 0 Å². The summed E-state index contributed by atoms with van der Waals surface area (Å²) in [4.78, 5) is 13.4. The van der Waals surface area contributed by atoms with Crippen LogP contribution < -0.4 is 19.6 Å². The highest BCUT2D eigenvalue weighted by Crippen LogP contribution is 2.38. The molecule has 0 bridgehead atoms. The van der Waals surface area contributed by atoms with Crippen molar-refractivity contribution in [2.24, 2.45) is 0 Å². The summed E-state index contributed by atoms with van der Waals surface area (Å²) >= 11 is 0. The van der Waals surface area contributed by atoms with Crippen molar-refractivity contribution in [1.29, 1.82) is 0 Å². The molecule has 0 amide bonds. The molecule has 0 saturated heterocycles. The first-order chi connectivity index (χ1) is 18.2. The lowest BCUT2D eigenvalue weighted by Gasteiger charge is -2.14. The Bertz CT molecular complexity index is 1620. The summed E-state index contributed by atoms with van der Waals surface area (Å²) in [5, 5.41) is 11.1. The molecular weight excluding hydrogens is 468 g/mol. The third-order valence-corrected chi connectivity index (χ3v) is 6.35. The zero-order valence-electron chi connectivity index (χ0n) is 20.0. The van der Waals surface area contributed by atoms with Gasteiger partial charge in [-0.1, -0.05) is 60.7 Å². The van der Waals surface area contributed by atoms with Gasteiger partial charge in [0.25, 0.3) is 0 Å². The second kappa shape index (κ2) is 9.74. The van der Waals surface area contributed by atoms with Gasteiger partial charge in [0.05, 0.1) is 6.61 Å². The monoisotopic (exact) mass is 492 g/mol. The third-order valence-electron chi connectivity index (χ3n) is 6.35. The van der Waals surface area contributed by atoms with Gasteiger partial charge in [0, 0.05) is 24.1 Å². The number of hydrogen-bond donors (Lipinski definition) is 1. The molecule has 37 heavy (non-hydrogen) atoms. The molecule has 0 aliphatic carbocycles. The van der Waals surface area contributed by atoms with Crippen LogP contribution in [0, 0.1) is 0 Å². The van der Waals surface area contributed by atoms with E-state index in [0.717, 1.165) is 28.9 Å². The maximum Gasteiger partial charge on any atom is 0.238 e. The van der Waals surface area contributed by atoms with E-state index < -0.39 is 11.2 Å². The van der Waals surface area contributed by atoms with E-state index in [2.05, 4.69) is 0 Å². The zero-order chi connectivity index (χ0) is 25.2. The lowest BCUT2D eigenvalue weighted by Crippen LogP contribution is -2.07. The molecule has 1 aliphatic rings. The van der Waals surface area contributed by atoms with Crippen molar-refractivity contribution in [3.8, 4) is 34.3 Å². The van der Waals surface area contributed by atoms with Crippen LogP contribution in [0.5, 0.6) is 23.0 Å². The second-order valence-electron chi connectivity index (χ2n) is 8.87. The van der Waals surface area contributed by atoms with Crippen LogP contribution in [0.1, 0.15) is 16.7 Å². The number of aromatic hydroxyl groups is 1. The predicted octanol–water partition coefficient (Wildman–Crippen LogP) is 6.26. The van der Waals surface area contributed by atoms with E-state index in [4.69, 9.17) is 18.6 Å². The van der Waals surface area contributed by atoms with Crippen molar-refractivity contribution in [3.05, 3.63) is 118 Å². The topological polar surface area (TPSA) is 78.1 Å². The van der Waals surface area contributed by atoms with Crippen molar-refractivity contribution < 1.29 is 23.7 Å². The van der Waals surface area contributed by atoms with Gasteiger partial charge in [-0.15, -0.1) is 0 Å².